The van der Waals surface area contributed by atoms with E-state index in [1.807, 2.05) is 41.8 Å². The number of thiophene rings is 1. The first-order chi connectivity index (χ1) is 8.18. The van der Waals surface area contributed by atoms with Crippen molar-refractivity contribution in [3.8, 4) is 10.4 Å². The molecule has 0 atom stereocenters. The van der Waals surface area contributed by atoms with Gasteiger partial charge in [-0.15, -0.1) is 11.3 Å². The lowest BCUT2D eigenvalue weighted by Gasteiger charge is -2.04. The van der Waals surface area contributed by atoms with Crippen molar-refractivity contribution in [2.45, 2.75) is 6.92 Å². The van der Waals surface area contributed by atoms with Crippen molar-refractivity contribution in [3.63, 3.8) is 0 Å². The van der Waals surface area contributed by atoms with Crippen molar-refractivity contribution >= 4 is 23.4 Å². The van der Waals surface area contributed by atoms with Gasteiger partial charge in [0.2, 0.25) is 0 Å². The van der Waals surface area contributed by atoms with E-state index in [1.165, 1.54) is 0 Å². The SMILES string of the molecule is C/C(=C\c1ccccc1-c1cccs1)C(=O)O. The molecule has 1 heterocycles. The van der Waals surface area contributed by atoms with Crippen molar-refractivity contribution < 1.29 is 9.90 Å². The molecule has 86 valence electrons. The minimum Gasteiger partial charge on any atom is -0.478 e. The van der Waals surface area contributed by atoms with E-state index in [0.29, 0.717) is 5.57 Å². The highest BCUT2D eigenvalue weighted by Gasteiger charge is 2.06. The molecule has 2 rings (SSSR count). The Morgan fingerprint density at radius 2 is 2.00 bits per heavy atom. The fourth-order valence-electron chi connectivity index (χ4n) is 1.57. The number of hydrogen-bond donors (Lipinski definition) is 1. The van der Waals surface area contributed by atoms with Crippen LogP contribution in [0.4, 0.5) is 0 Å². The van der Waals surface area contributed by atoms with Gasteiger partial charge in [0.15, 0.2) is 0 Å². The number of carboxylic acids is 1. The van der Waals surface area contributed by atoms with E-state index in [2.05, 4.69) is 0 Å². The summed E-state index contributed by atoms with van der Waals surface area (Å²) < 4.78 is 0. The molecule has 0 unspecified atom stereocenters. The molecule has 0 aliphatic rings. The molecule has 0 fully saturated rings. The second kappa shape index (κ2) is 4.97. The molecule has 2 nitrogen and oxygen atoms in total. The first kappa shape index (κ1) is 11.6. The molecular weight excluding hydrogens is 232 g/mol. The summed E-state index contributed by atoms with van der Waals surface area (Å²) in [5.41, 5.74) is 2.35. The maximum atomic E-state index is 10.8. The highest BCUT2D eigenvalue weighted by Crippen LogP contribution is 2.29. The van der Waals surface area contributed by atoms with Gasteiger partial charge in [0.05, 0.1) is 0 Å². The number of rotatable bonds is 3. The van der Waals surface area contributed by atoms with Gasteiger partial charge < -0.3 is 5.11 Å². The van der Waals surface area contributed by atoms with Gasteiger partial charge in [-0.1, -0.05) is 30.3 Å². The molecular formula is C14H12O2S. The second-order valence-corrected chi connectivity index (χ2v) is 4.64. The van der Waals surface area contributed by atoms with Crippen molar-refractivity contribution in [2.24, 2.45) is 0 Å². The van der Waals surface area contributed by atoms with Gasteiger partial charge in [0, 0.05) is 10.5 Å². The Labute approximate surface area is 104 Å². The fourth-order valence-corrected chi connectivity index (χ4v) is 2.35. The largest absolute Gasteiger partial charge is 0.478 e. The highest BCUT2D eigenvalue weighted by atomic mass is 32.1. The van der Waals surface area contributed by atoms with Gasteiger partial charge in [-0.2, -0.15) is 0 Å². The van der Waals surface area contributed by atoms with Crippen LogP contribution in [0.3, 0.4) is 0 Å². The molecule has 1 aromatic heterocycles. The summed E-state index contributed by atoms with van der Waals surface area (Å²) in [4.78, 5) is 12.0. The molecule has 2 aromatic rings. The molecule has 17 heavy (non-hydrogen) atoms. The normalized spacial score (nSPS) is 11.5. The molecule has 0 saturated heterocycles. The Morgan fingerprint density at radius 3 is 2.65 bits per heavy atom. The Hall–Kier alpha value is -1.87. The van der Waals surface area contributed by atoms with Crippen LogP contribution in [0.2, 0.25) is 0 Å². The van der Waals surface area contributed by atoms with E-state index < -0.39 is 5.97 Å². The zero-order chi connectivity index (χ0) is 12.3. The molecule has 0 bridgehead atoms. The molecule has 0 aliphatic carbocycles. The fraction of sp³-hybridized carbons (Fsp3) is 0.0714. The quantitative estimate of drug-likeness (QED) is 0.831. The van der Waals surface area contributed by atoms with E-state index in [-0.39, 0.29) is 0 Å². The van der Waals surface area contributed by atoms with Gasteiger partial charge in [-0.25, -0.2) is 4.79 Å². The zero-order valence-electron chi connectivity index (χ0n) is 9.38. The van der Waals surface area contributed by atoms with Crippen molar-refractivity contribution in [3.05, 3.63) is 52.9 Å². The van der Waals surface area contributed by atoms with Gasteiger partial charge in [-0.05, 0) is 35.6 Å². The molecule has 0 spiro atoms. The molecule has 1 aromatic carbocycles. The number of carboxylic acid groups (broad SMARTS) is 1. The summed E-state index contributed by atoms with van der Waals surface area (Å²) in [6.07, 6.45) is 1.71. The van der Waals surface area contributed by atoms with Crippen LogP contribution in [0.25, 0.3) is 16.5 Å². The third kappa shape index (κ3) is 2.63. The first-order valence-corrected chi connectivity index (χ1v) is 6.11. The van der Waals surface area contributed by atoms with Crippen LogP contribution in [0.15, 0.2) is 47.4 Å². The van der Waals surface area contributed by atoms with Crippen molar-refractivity contribution in [1.82, 2.24) is 0 Å². The Balaban J connectivity index is 2.49. The average molecular weight is 244 g/mol. The Kier molecular flexibility index (Phi) is 3.40. The van der Waals surface area contributed by atoms with E-state index in [0.717, 1.165) is 16.0 Å². The maximum absolute atomic E-state index is 10.8. The van der Waals surface area contributed by atoms with Crippen LogP contribution in [-0.2, 0) is 4.79 Å². The predicted octanol–water partition coefficient (Wildman–Crippen LogP) is 3.90. The Morgan fingerprint density at radius 1 is 1.24 bits per heavy atom. The number of carbonyl (C=O) groups is 1. The third-order valence-corrected chi connectivity index (χ3v) is 3.36. The molecule has 0 saturated carbocycles. The lowest BCUT2D eigenvalue weighted by atomic mass is 10.0. The van der Waals surface area contributed by atoms with Crippen LogP contribution >= 0.6 is 11.3 Å². The van der Waals surface area contributed by atoms with Gasteiger partial charge >= 0.3 is 5.97 Å². The van der Waals surface area contributed by atoms with E-state index in [9.17, 15) is 4.79 Å². The third-order valence-electron chi connectivity index (χ3n) is 2.46. The lowest BCUT2D eigenvalue weighted by molar-refractivity contribution is -0.132. The van der Waals surface area contributed by atoms with Gasteiger partial charge in [-0.3, -0.25) is 0 Å². The van der Waals surface area contributed by atoms with Crippen molar-refractivity contribution in [1.29, 1.82) is 0 Å². The molecule has 0 radical (unpaired) electrons. The standard InChI is InChI=1S/C14H12O2S/c1-10(14(15)16)9-11-5-2-3-6-12(11)13-7-4-8-17-13/h2-9H,1H3,(H,15,16)/b10-9+. The van der Waals surface area contributed by atoms with Crippen LogP contribution in [0.1, 0.15) is 12.5 Å². The number of hydrogen-bond acceptors (Lipinski definition) is 2. The predicted molar refractivity (Wildman–Crippen MR) is 71.0 cm³/mol. The summed E-state index contributed by atoms with van der Waals surface area (Å²) in [6, 6.07) is 11.8. The topological polar surface area (TPSA) is 37.3 Å². The number of aliphatic carboxylic acids is 1. The van der Waals surface area contributed by atoms with Crippen LogP contribution < -0.4 is 0 Å². The van der Waals surface area contributed by atoms with Crippen LogP contribution in [-0.4, -0.2) is 11.1 Å². The summed E-state index contributed by atoms with van der Waals surface area (Å²) in [7, 11) is 0. The maximum Gasteiger partial charge on any atom is 0.331 e. The minimum absolute atomic E-state index is 0.342. The summed E-state index contributed by atoms with van der Waals surface area (Å²) in [5.74, 6) is -0.883. The molecule has 1 N–H and O–H groups in total. The lowest BCUT2D eigenvalue weighted by Crippen LogP contribution is -1.95. The first-order valence-electron chi connectivity index (χ1n) is 5.23. The Bertz CT molecular complexity index is 553. The summed E-state index contributed by atoms with van der Waals surface area (Å²) >= 11 is 1.65. The zero-order valence-corrected chi connectivity index (χ0v) is 10.2. The summed E-state index contributed by atoms with van der Waals surface area (Å²) in [6.45, 7) is 1.60. The van der Waals surface area contributed by atoms with Crippen LogP contribution in [0, 0.1) is 0 Å². The monoisotopic (exact) mass is 244 g/mol. The second-order valence-electron chi connectivity index (χ2n) is 3.70. The van der Waals surface area contributed by atoms with Crippen LogP contribution in [0.5, 0.6) is 0 Å². The number of benzene rings is 1. The van der Waals surface area contributed by atoms with Gasteiger partial charge in [0.25, 0.3) is 0 Å². The summed E-state index contributed by atoms with van der Waals surface area (Å²) in [5, 5.41) is 10.9. The van der Waals surface area contributed by atoms with Crippen molar-refractivity contribution in [2.75, 3.05) is 0 Å². The van der Waals surface area contributed by atoms with Gasteiger partial charge in [0.1, 0.15) is 0 Å². The molecule has 3 heteroatoms. The van der Waals surface area contributed by atoms with E-state index >= 15 is 0 Å². The highest BCUT2D eigenvalue weighted by molar-refractivity contribution is 7.13. The smallest absolute Gasteiger partial charge is 0.331 e. The molecule has 0 aliphatic heterocycles. The van der Waals surface area contributed by atoms with E-state index in [1.54, 1.807) is 24.3 Å². The average Bonchev–Trinajstić information content (AvgIpc) is 2.83. The minimum atomic E-state index is -0.883. The molecule has 0 amide bonds. The van der Waals surface area contributed by atoms with E-state index in [4.69, 9.17) is 5.11 Å².